The van der Waals surface area contributed by atoms with Crippen LogP contribution in [0.25, 0.3) is 0 Å². The Labute approximate surface area is 117 Å². The van der Waals surface area contributed by atoms with Crippen LogP contribution in [0.2, 0.25) is 0 Å². The molecule has 0 spiro atoms. The largest absolute Gasteiger partial charge is 0.409 e. The highest BCUT2D eigenvalue weighted by molar-refractivity contribution is 7.10. The molecule has 5 nitrogen and oxygen atoms in total. The summed E-state index contributed by atoms with van der Waals surface area (Å²) in [5, 5.41) is 16.5. The zero-order valence-electron chi connectivity index (χ0n) is 11.5. The molecule has 1 amide bonds. The third-order valence-electron chi connectivity index (χ3n) is 3.03. The van der Waals surface area contributed by atoms with Crippen molar-refractivity contribution in [3.63, 3.8) is 0 Å². The number of carbonyl (C=O) groups excluding carboxylic acids is 1. The minimum absolute atomic E-state index is 0.0233. The maximum absolute atomic E-state index is 12.1. The first-order valence-electron chi connectivity index (χ1n) is 6.31. The number of hydrogen-bond acceptors (Lipinski definition) is 4. The van der Waals surface area contributed by atoms with Crippen molar-refractivity contribution in [1.29, 1.82) is 0 Å². The standard InChI is InChI=1S/C13H21N3O2S/c1-4-9-5-6-19-10(9)7-15-13(17)11(8(2)3)12(14)16-18/h5-6,8,11,18H,4,7H2,1-3H3,(H2,14,16)(H,15,17). The van der Waals surface area contributed by atoms with Crippen molar-refractivity contribution in [2.75, 3.05) is 0 Å². The number of amides is 1. The van der Waals surface area contributed by atoms with Crippen molar-refractivity contribution < 1.29 is 10.0 Å². The highest BCUT2D eigenvalue weighted by atomic mass is 32.1. The van der Waals surface area contributed by atoms with Crippen molar-refractivity contribution in [2.24, 2.45) is 22.7 Å². The van der Waals surface area contributed by atoms with Crippen LogP contribution in [0.5, 0.6) is 0 Å². The lowest BCUT2D eigenvalue weighted by molar-refractivity contribution is -0.124. The molecule has 1 unspecified atom stereocenters. The maximum Gasteiger partial charge on any atom is 0.231 e. The monoisotopic (exact) mass is 283 g/mol. The summed E-state index contributed by atoms with van der Waals surface area (Å²) >= 11 is 1.62. The van der Waals surface area contributed by atoms with Gasteiger partial charge in [-0.25, -0.2) is 0 Å². The van der Waals surface area contributed by atoms with E-state index < -0.39 is 5.92 Å². The summed E-state index contributed by atoms with van der Waals surface area (Å²) in [6, 6.07) is 2.07. The first kappa shape index (κ1) is 15.5. The van der Waals surface area contributed by atoms with E-state index in [1.807, 2.05) is 19.2 Å². The van der Waals surface area contributed by atoms with Gasteiger partial charge in [0.2, 0.25) is 5.91 Å². The van der Waals surface area contributed by atoms with Crippen LogP contribution in [0, 0.1) is 11.8 Å². The smallest absolute Gasteiger partial charge is 0.231 e. The SMILES string of the molecule is CCc1ccsc1CNC(=O)C(C(N)=NO)C(C)C. The average Bonchev–Trinajstić information content (AvgIpc) is 2.83. The van der Waals surface area contributed by atoms with Crippen molar-refractivity contribution in [3.05, 3.63) is 21.9 Å². The van der Waals surface area contributed by atoms with Crippen LogP contribution in [0.1, 0.15) is 31.2 Å². The second kappa shape index (κ2) is 7.13. The van der Waals surface area contributed by atoms with Gasteiger partial charge in [0.1, 0.15) is 5.92 Å². The minimum atomic E-state index is -0.602. The fourth-order valence-electron chi connectivity index (χ4n) is 1.96. The number of hydrogen-bond donors (Lipinski definition) is 3. The van der Waals surface area contributed by atoms with Crippen molar-refractivity contribution in [1.82, 2.24) is 5.32 Å². The van der Waals surface area contributed by atoms with Crippen molar-refractivity contribution in [3.8, 4) is 0 Å². The fourth-order valence-corrected chi connectivity index (χ4v) is 2.87. The molecule has 0 fully saturated rings. The third kappa shape index (κ3) is 3.96. The molecule has 1 aromatic rings. The van der Waals surface area contributed by atoms with E-state index in [0.29, 0.717) is 6.54 Å². The Morgan fingerprint density at radius 3 is 2.79 bits per heavy atom. The summed E-state index contributed by atoms with van der Waals surface area (Å²) in [7, 11) is 0. The summed E-state index contributed by atoms with van der Waals surface area (Å²) in [6.07, 6.45) is 0.947. The lowest BCUT2D eigenvalue weighted by atomic mass is 9.94. The predicted molar refractivity (Wildman–Crippen MR) is 77.3 cm³/mol. The van der Waals surface area contributed by atoms with Crippen LogP contribution in [0.15, 0.2) is 16.6 Å². The quantitative estimate of drug-likeness (QED) is 0.323. The lowest BCUT2D eigenvalue weighted by Gasteiger charge is -2.18. The Morgan fingerprint density at radius 2 is 2.26 bits per heavy atom. The summed E-state index contributed by atoms with van der Waals surface area (Å²) in [5.74, 6) is -0.880. The second-order valence-electron chi connectivity index (χ2n) is 4.69. The molecule has 1 aromatic heterocycles. The molecule has 4 N–H and O–H groups in total. The Balaban J connectivity index is 2.68. The van der Waals surface area contributed by atoms with Crippen molar-refractivity contribution in [2.45, 2.75) is 33.7 Å². The highest BCUT2D eigenvalue weighted by Crippen LogP contribution is 2.18. The number of rotatable bonds is 6. The Hall–Kier alpha value is -1.56. The van der Waals surface area contributed by atoms with Gasteiger partial charge in [-0.15, -0.1) is 11.3 Å². The number of nitrogens with one attached hydrogen (secondary N) is 1. The Morgan fingerprint density at radius 1 is 1.58 bits per heavy atom. The molecule has 6 heteroatoms. The van der Waals surface area contributed by atoms with E-state index in [0.717, 1.165) is 11.3 Å². The minimum Gasteiger partial charge on any atom is -0.409 e. The molecule has 0 radical (unpaired) electrons. The van der Waals surface area contributed by atoms with Crippen LogP contribution >= 0.6 is 11.3 Å². The van der Waals surface area contributed by atoms with Gasteiger partial charge in [0.15, 0.2) is 5.84 Å². The van der Waals surface area contributed by atoms with Crippen LogP contribution in [-0.4, -0.2) is 17.0 Å². The number of aryl methyl sites for hydroxylation is 1. The summed E-state index contributed by atoms with van der Waals surface area (Å²) in [6.45, 7) is 6.30. The molecule has 0 bridgehead atoms. The van der Waals surface area contributed by atoms with Crippen LogP contribution in [0.4, 0.5) is 0 Å². The molecule has 0 aliphatic heterocycles. The first-order valence-corrected chi connectivity index (χ1v) is 7.19. The maximum atomic E-state index is 12.1. The fraction of sp³-hybridized carbons (Fsp3) is 0.538. The molecule has 19 heavy (non-hydrogen) atoms. The molecule has 1 rings (SSSR count). The molecule has 0 saturated heterocycles. The summed E-state index contributed by atoms with van der Waals surface area (Å²) in [4.78, 5) is 13.3. The average molecular weight is 283 g/mol. The molecule has 0 saturated carbocycles. The van der Waals surface area contributed by atoms with Gasteiger partial charge in [0.25, 0.3) is 0 Å². The molecule has 106 valence electrons. The molecule has 0 aliphatic rings. The van der Waals surface area contributed by atoms with Crippen LogP contribution in [-0.2, 0) is 17.8 Å². The van der Waals surface area contributed by atoms with Gasteiger partial charge in [0.05, 0.1) is 6.54 Å². The lowest BCUT2D eigenvalue weighted by Crippen LogP contribution is -2.41. The van der Waals surface area contributed by atoms with Gasteiger partial charge >= 0.3 is 0 Å². The highest BCUT2D eigenvalue weighted by Gasteiger charge is 2.26. The Kier molecular flexibility index (Phi) is 5.82. The normalized spacial score (nSPS) is 13.6. The van der Waals surface area contributed by atoms with Gasteiger partial charge < -0.3 is 16.3 Å². The van der Waals surface area contributed by atoms with Gasteiger partial charge in [0, 0.05) is 4.88 Å². The predicted octanol–water partition coefficient (Wildman–Crippen LogP) is 1.95. The molecular formula is C13H21N3O2S. The molecule has 1 atom stereocenters. The van der Waals surface area contributed by atoms with E-state index in [-0.39, 0.29) is 17.7 Å². The second-order valence-corrected chi connectivity index (χ2v) is 5.69. The number of amidine groups is 1. The molecular weight excluding hydrogens is 262 g/mol. The zero-order chi connectivity index (χ0) is 14.4. The van der Waals surface area contributed by atoms with E-state index in [9.17, 15) is 4.79 Å². The third-order valence-corrected chi connectivity index (χ3v) is 3.99. The van der Waals surface area contributed by atoms with E-state index >= 15 is 0 Å². The summed E-state index contributed by atoms with van der Waals surface area (Å²) in [5.41, 5.74) is 6.81. The molecule has 0 aromatic carbocycles. The van der Waals surface area contributed by atoms with E-state index in [4.69, 9.17) is 10.9 Å². The zero-order valence-corrected chi connectivity index (χ0v) is 12.3. The molecule has 0 aliphatic carbocycles. The van der Waals surface area contributed by atoms with E-state index in [1.165, 1.54) is 5.56 Å². The molecule has 1 heterocycles. The van der Waals surface area contributed by atoms with E-state index in [1.54, 1.807) is 11.3 Å². The van der Waals surface area contributed by atoms with Crippen LogP contribution < -0.4 is 11.1 Å². The van der Waals surface area contributed by atoms with Crippen LogP contribution in [0.3, 0.4) is 0 Å². The Bertz CT molecular complexity index is 454. The number of nitrogens with zero attached hydrogens (tertiary/aromatic N) is 1. The van der Waals surface area contributed by atoms with Gasteiger partial charge in [-0.2, -0.15) is 0 Å². The number of oxime groups is 1. The van der Waals surface area contributed by atoms with E-state index in [2.05, 4.69) is 23.5 Å². The van der Waals surface area contributed by atoms with Gasteiger partial charge in [-0.05, 0) is 29.3 Å². The van der Waals surface area contributed by atoms with Gasteiger partial charge in [-0.3, -0.25) is 4.79 Å². The first-order chi connectivity index (χ1) is 9.01. The van der Waals surface area contributed by atoms with Gasteiger partial charge in [-0.1, -0.05) is 25.9 Å². The number of nitrogens with two attached hydrogens (primary N) is 1. The number of thiophene rings is 1. The topological polar surface area (TPSA) is 87.7 Å². The number of carbonyl (C=O) groups is 1. The van der Waals surface area contributed by atoms with Crippen molar-refractivity contribution >= 4 is 23.1 Å². The summed E-state index contributed by atoms with van der Waals surface area (Å²) < 4.78 is 0.